The Balaban J connectivity index is 2.43. The molecule has 0 aromatic rings. The van der Waals surface area contributed by atoms with E-state index in [1.54, 1.807) is 0 Å². The normalized spacial score (nSPS) is 26.3. The zero-order valence-corrected chi connectivity index (χ0v) is 9.12. The van der Waals surface area contributed by atoms with Crippen molar-refractivity contribution in [1.82, 2.24) is 10.6 Å². The number of hydrogen-bond donors (Lipinski definition) is 3. The maximum atomic E-state index is 11.4. The predicted molar refractivity (Wildman–Crippen MR) is 55.4 cm³/mol. The lowest BCUT2D eigenvalue weighted by Gasteiger charge is -2.28. The Bertz CT molecular complexity index is 253. The number of carbonyl (C=O) groups excluding carboxylic acids is 1. The third kappa shape index (κ3) is 3.51. The van der Waals surface area contributed by atoms with Crippen LogP contribution in [0, 0.1) is 11.8 Å². The summed E-state index contributed by atoms with van der Waals surface area (Å²) >= 11 is 0. The first kappa shape index (κ1) is 12.0. The van der Waals surface area contributed by atoms with Crippen LogP contribution >= 0.6 is 0 Å². The molecule has 5 nitrogen and oxygen atoms in total. The van der Waals surface area contributed by atoms with Gasteiger partial charge in [0.2, 0.25) is 5.91 Å². The van der Waals surface area contributed by atoms with Crippen LogP contribution in [0.5, 0.6) is 0 Å². The van der Waals surface area contributed by atoms with Crippen molar-refractivity contribution in [3.8, 4) is 0 Å². The molecule has 1 fully saturated rings. The molecule has 1 rings (SSSR count). The number of carboxylic acid groups (broad SMARTS) is 1. The summed E-state index contributed by atoms with van der Waals surface area (Å²) in [6.07, 6.45) is 0.515. The van der Waals surface area contributed by atoms with Gasteiger partial charge >= 0.3 is 5.97 Å². The maximum Gasteiger partial charge on any atom is 0.307 e. The summed E-state index contributed by atoms with van der Waals surface area (Å²) in [5.74, 6) is -1.27. The number of amides is 1. The summed E-state index contributed by atoms with van der Waals surface area (Å²) in [5.41, 5.74) is 0. The second kappa shape index (κ2) is 5.11. The molecule has 0 radical (unpaired) electrons. The smallest absolute Gasteiger partial charge is 0.307 e. The number of nitrogens with one attached hydrogen (secondary N) is 2. The van der Waals surface area contributed by atoms with Crippen LogP contribution < -0.4 is 10.6 Å². The highest BCUT2D eigenvalue weighted by atomic mass is 16.4. The Kier molecular flexibility index (Phi) is 4.08. The minimum atomic E-state index is -0.800. The Morgan fingerprint density at radius 1 is 1.40 bits per heavy atom. The lowest BCUT2D eigenvalue weighted by molar-refractivity contribution is -0.143. The standard InChI is InChI=1S/C10H18N2O3/c1-6(2)9(13)12-8-3-7(10(14)15)4-11-5-8/h6-8,11H,3-5H2,1-2H3,(H,12,13)(H,14,15). The summed E-state index contributed by atoms with van der Waals surface area (Å²) in [6.45, 7) is 4.78. The lowest BCUT2D eigenvalue weighted by Crippen LogP contribution is -2.51. The van der Waals surface area contributed by atoms with Gasteiger partial charge in [-0.05, 0) is 6.42 Å². The van der Waals surface area contributed by atoms with Gasteiger partial charge in [-0.15, -0.1) is 0 Å². The average Bonchev–Trinajstić information content (AvgIpc) is 2.18. The van der Waals surface area contributed by atoms with E-state index in [0.29, 0.717) is 19.5 Å². The van der Waals surface area contributed by atoms with Crippen LogP contribution in [0.1, 0.15) is 20.3 Å². The molecular formula is C10H18N2O3. The molecule has 1 saturated heterocycles. The Hall–Kier alpha value is -1.10. The van der Waals surface area contributed by atoms with E-state index in [2.05, 4.69) is 10.6 Å². The first-order chi connectivity index (χ1) is 7.00. The molecule has 86 valence electrons. The SMILES string of the molecule is CC(C)C(=O)NC1CNCC(C(=O)O)C1. The van der Waals surface area contributed by atoms with Crippen LogP contribution in [0.25, 0.3) is 0 Å². The third-order valence-electron chi connectivity index (χ3n) is 2.57. The summed E-state index contributed by atoms with van der Waals surface area (Å²) in [5, 5.41) is 14.7. The number of rotatable bonds is 3. The number of carboxylic acids is 1. The number of carbonyl (C=O) groups is 2. The molecule has 3 N–H and O–H groups in total. The van der Waals surface area contributed by atoms with E-state index in [1.807, 2.05) is 13.8 Å². The molecule has 0 aromatic carbocycles. The van der Waals surface area contributed by atoms with E-state index < -0.39 is 11.9 Å². The van der Waals surface area contributed by atoms with Crippen molar-refractivity contribution < 1.29 is 14.7 Å². The van der Waals surface area contributed by atoms with Gasteiger partial charge < -0.3 is 15.7 Å². The number of hydrogen-bond acceptors (Lipinski definition) is 3. The highest BCUT2D eigenvalue weighted by molar-refractivity contribution is 5.78. The molecule has 2 atom stereocenters. The van der Waals surface area contributed by atoms with Crippen LogP contribution in [0.3, 0.4) is 0 Å². The monoisotopic (exact) mass is 214 g/mol. The minimum Gasteiger partial charge on any atom is -0.481 e. The van der Waals surface area contributed by atoms with Crippen molar-refractivity contribution in [2.75, 3.05) is 13.1 Å². The van der Waals surface area contributed by atoms with Gasteiger partial charge in [-0.1, -0.05) is 13.8 Å². The van der Waals surface area contributed by atoms with Crippen molar-refractivity contribution in [2.24, 2.45) is 11.8 Å². The van der Waals surface area contributed by atoms with Gasteiger partial charge in [0.25, 0.3) is 0 Å². The molecule has 0 aromatic heterocycles. The summed E-state index contributed by atoms with van der Waals surface area (Å²) in [4.78, 5) is 22.2. The van der Waals surface area contributed by atoms with Crippen molar-refractivity contribution in [2.45, 2.75) is 26.3 Å². The quantitative estimate of drug-likeness (QED) is 0.609. The van der Waals surface area contributed by atoms with Gasteiger partial charge in [0.1, 0.15) is 0 Å². The van der Waals surface area contributed by atoms with Gasteiger partial charge in [-0.25, -0.2) is 0 Å². The topological polar surface area (TPSA) is 78.4 Å². The minimum absolute atomic E-state index is 0.0205. The zero-order valence-electron chi connectivity index (χ0n) is 9.12. The van der Waals surface area contributed by atoms with Gasteiger partial charge in [-0.3, -0.25) is 9.59 Å². The van der Waals surface area contributed by atoms with Gasteiger partial charge in [0.05, 0.1) is 5.92 Å². The molecule has 1 heterocycles. The second-order valence-electron chi connectivity index (χ2n) is 4.29. The Morgan fingerprint density at radius 3 is 2.60 bits per heavy atom. The molecule has 0 bridgehead atoms. The van der Waals surface area contributed by atoms with E-state index in [9.17, 15) is 9.59 Å². The molecule has 0 aliphatic carbocycles. The molecular weight excluding hydrogens is 196 g/mol. The van der Waals surface area contributed by atoms with Gasteiger partial charge in [0, 0.05) is 25.0 Å². The van der Waals surface area contributed by atoms with Gasteiger partial charge in [0.15, 0.2) is 0 Å². The summed E-state index contributed by atoms with van der Waals surface area (Å²) in [6, 6.07) is -0.0604. The van der Waals surface area contributed by atoms with Crippen molar-refractivity contribution in [3.05, 3.63) is 0 Å². The van der Waals surface area contributed by atoms with Gasteiger partial charge in [-0.2, -0.15) is 0 Å². The fourth-order valence-electron chi connectivity index (χ4n) is 1.61. The molecule has 2 unspecified atom stereocenters. The lowest BCUT2D eigenvalue weighted by atomic mass is 9.95. The zero-order chi connectivity index (χ0) is 11.4. The fourth-order valence-corrected chi connectivity index (χ4v) is 1.61. The number of piperidine rings is 1. The van der Waals surface area contributed by atoms with Crippen molar-refractivity contribution in [3.63, 3.8) is 0 Å². The van der Waals surface area contributed by atoms with E-state index in [-0.39, 0.29) is 17.9 Å². The molecule has 1 aliphatic rings. The first-order valence-electron chi connectivity index (χ1n) is 5.24. The highest BCUT2D eigenvalue weighted by Gasteiger charge is 2.27. The number of aliphatic carboxylic acids is 1. The van der Waals surface area contributed by atoms with E-state index >= 15 is 0 Å². The molecule has 1 aliphatic heterocycles. The summed E-state index contributed by atoms with van der Waals surface area (Å²) in [7, 11) is 0. The van der Waals surface area contributed by atoms with Crippen LogP contribution in [0.2, 0.25) is 0 Å². The molecule has 15 heavy (non-hydrogen) atoms. The van der Waals surface area contributed by atoms with E-state index in [4.69, 9.17) is 5.11 Å². The van der Waals surface area contributed by atoms with Crippen molar-refractivity contribution in [1.29, 1.82) is 0 Å². The molecule has 5 heteroatoms. The van der Waals surface area contributed by atoms with Crippen LogP contribution in [-0.2, 0) is 9.59 Å². The molecule has 0 saturated carbocycles. The average molecular weight is 214 g/mol. The second-order valence-corrected chi connectivity index (χ2v) is 4.29. The molecule has 0 spiro atoms. The fraction of sp³-hybridized carbons (Fsp3) is 0.800. The summed E-state index contributed by atoms with van der Waals surface area (Å²) < 4.78 is 0. The largest absolute Gasteiger partial charge is 0.481 e. The van der Waals surface area contributed by atoms with E-state index in [0.717, 1.165) is 0 Å². The molecule has 1 amide bonds. The van der Waals surface area contributed by atoms with Crippen molar-refractivity contribution >= 4 is 11.9 Å². The van der Waals surface area contributed by atoms with Crippen LogP contribution in [0.4, 0.5) is 0 Å². The highest BCUT2D eigenvalue weighted by Crippen LogP contribution is 2.11. The predicted octanol–water partition coefficient (Wildman–Crippen LogP) is -0.179. The first-order valence-corrected chi connectivity index (χ1v) is 5.24. The third-order valence-corrected chi connectivity index (χ3v) is 2.57. The Morgan fingerprint density at radius 2 is 2.07 bits per heavy atom. The maximum absolute atomic E-state index is 11.4. The van der Waals surface area contributed by atoms with Crippen LogP contribution in [0.15, 0.2) is 0 Å². The van der Waals surface area contributed by atoms with Crippen LogP contribution in [-0.4, -0.2) is 36.1 Å². The Labute approximate surface area is 89.2 Å². The van der Waals surface area contributed by atoms with E-state index in [1.165, 1.54) is 0 Å².